The summed E-state index contributed by atoms with van der Waals surface area (Å²) in [5.74, 6) is 0.0459. The number of carbonyl (C=O) groups excluding carboxylic acids is 1. The fourth-order valence-electron chi connectivity index (χ4n) is 1.26. The molecule has 0 radical (unpaired) electrons. The quantitative estimate of drug-likeness (QED) is 0.625. The molecule has 1 aliphatic rings. The number of carbonyl (C=O) groups is 1. The lowest BCUT2D eigenvalue weighted by Gasteiger charge is -2.07. The van der Waals surface area contributed by atoms with Crippen molar-refractivity contribution in [3.8, 4) is 0 Å². The van der Waals surface area contributed by atoms with Crippen LogP contribution in [0.3, 0.4) is 0 Å². The summed E-state index contributed by atoms with van der Waals surface area (Å²) in [4.78, 5) is 11.0. The third-order valence-electron chi connectivity index (χ3n) is 1.99. The van der Waals surface area contributed by atoms with E-state index in [-0.39, 0.29) is 30.5 Å². The van der Waals surface area contributed by atoms with Crippen molar-refractivity contribution in [2.24, 2.45) is 0 Å². The minimum absolute atomic E-state index is 0. The van der Waals surface area contributed by atoms with Gasteiger partial charge in [0.1, 0.15) is 0 Å². The molecule has 2 N–H and O–H groups in total. The van der Waals surface area contributed by atoms with E-state index in [1.807, 2.05) is 0 Å². The fraction of sp³-hybridized carbons (Fsp3) is 0.857. The molecule has 0 aromatic heterocycles. The Labute approximate surface area is 78.5 Å². The second-order valence-corrected chi connectivity index (χ2v) is 2.67. The van der Waals surface area contributed by atoms with E-state index in [4.69, 9.17) is 4.74 Å². The molecule has 0 bridgehead atoms. The van der Waals surface area contributed by atoms with Gasteiger partial charge in [-0.1, -0.05) is 0 Å². The summed E-state index contributed by atoms with van der Waals surface area (Å²) in [6, 6.07) is -0.0649. The zero-order chi connectivity index (χ0) is 8.27. The lowest BCUT2D eigenvalue weighted by Crippen LogP contribution is -2.38. The van der Waals surface area contributed by atoms with Gasteiger partial charge in [0.2, 0.25) is 5.91 Å². The van der Waals surface area contributed by atoms with Gasteiger partial charge in [-0.15, -0.1) is 12.4 Å². The standard InChI is InChI=1S/C7H14N2O2.ClH/c1-8-7(10)6-3-5(11-2)4-9-6;/h5-6,9H,3-4H2,1-2H3,(H,8,10);1H/t5-,6-;/m1./s1. The molecule has 0 aromatic rings. The maximum Gasteiger partial charge on any atom is 0.236 e. The van der Waals surface area contributed by atoms with Gasteiger partial charge in [-0.3, -0.25) is 4.79 Å². The van der Waals surface area contributed by atoms with E-state index in [1.54, 1.807) is 14.2 Å². The molecule has 0 saturated carbocycles. The van der Waals surface area contributed by atoms with Crippen LogP contribution in [-0.4, -0.2) is 38.8 Å². The lowest BCUT2D eigenvalue weighted by molar-refractivity contribution is -0.122. The van der Waals surface area contributed by atoms with E-state index in [2.05, 4.69) is 10.6 Å². The highest BCUT2D eigenvalue weighted by Gasteiger charge is 2.28. The lowest BCUT2D eigenvalue weighted by atomic mass is 10.2. The summed E-state index contributed by atoms with van der Waals surface area (Å²) in [5.41, 5.74) is 0. The number of rotatable bonds is 2. The largest absolute Gasteiger partial charge is 0.380 e. The fourth-order valence-corrected chi connectivity index (χ4v) is 1.26. The molecule has 1 fully saturated rings. The Bertz CT molecular complexity index is 154. The van der Waals surface area contributed by atoms with E-state index in [0.717, 1.165) is 13.0 Å². The molecule has 5 heteroatoms. The molecule has 4 nitrogen and oxygen atoms in total. The molecule has 0 spiro atoms. The molecule has 1 heterocycles. The van der Waals surface area contributed by atoms with Crippen molar-refractivity contribution >= 4 is 18.3 Å². The first-order valence-corrected chi connectivity index (χ1v) is 3.75. The summed E-state index contributed by atoms with van der Waals surface area (Å²) in [5, 5.41) is 5.67. The van der Waals surface area contributed by atoms with E-state index in [9.17, 15) is 4.79 Å². The second kappa shape index (κ2) is 5.35. The van der Waals surface area contributed by atoms with Crippen LogP contribution in [0.5, 0.6) is 0 Å². The molecular weight excluding hydrogens is 180 g/mol. The summed E-state index contributed by atoms with van der Waals surface area (Å²) in [6.07, 6.45) is 0.966. The van der Waals surface area contributed by atoms with Crippen molar-refractivity contribution in [2.45, 2.75) is 18.6 Å². The monoisotopic (exact) mass is 194 g/mol. The second-order valence-electron chi connectivity index (χ2n) is 2.67. The Balaban J connectivity index is 0.00000121. The first-order chi connectivity index (χ1) is 5.27. The molecule has 1 saturated heterocycles. The SMILES string of the molecule is CNC(=O)[C@H]1C[C@@H](OC)CN1.Cl. The maximum atomic E-state index is 11.0. The summed E-state index contributed by atoms with van der Waals surface area (Å²) in [6.45, 7) is 0.772. The van der Waals surface area contributed by atoms with Crippen molar-refractivity contribution < 1.29 is 9.53 Å². The average molecular weight is 195 g/mol. The molecule has 2 atom stereocenters. The number of ether oxygens (including phenoxy) is 1. The number of methoxy groups -OCH3 is 1. The molecule has 1 rings (SSSR count). The topological polar surface area (TPSA) is 50.4 Å². The van der Waals surface area contributed by atoms with Gasteiger partial charge in [0.05, 0.1) is 12.1 Å². The van der Waals surface area contributed by atoms with Crippen LogP contribution in [0, 0.1) is 0 Å². The highest BCUT2D eigenvalue weighted by molar-refractivity contribution is 5.85. The van der Waals surface area contributed by atoms with Crippen molar-refractivity contribution in [1.29, 1.82) is 0 Å². The van der Waals surface area contributed by atoms with Gasteiger partial charge < -0.3 is 15.4 Å². The molecule has 1 amide bonds. The summed E-state index contributed by atoms with van der Waals surface area (Å²) < 4.78 is 5.09. The Hall–Kier alpha value is -0.320. The predicted octanol–water partition coefficient (Wildman–Crippen LogP) is -0.469. The predicted molar refractivity (Wildman–Crippen MR) is 48.5 cm³/mol. The Morgan fingerprint density at radius 1 is 1.67 bits per heavy atom. The minimum atomic E-state index is -0.0649. The molecule has 1 aliphatic heterocycles. The summed E-state index contributed by atoms with van der Waals surface area (Å²) >= 11 is 0. The zero-order valence-corrected chi connectivity index (χ0v) is 8.11. The van der Waals surface area contributed by atoms with Crippen molar-refractivity contribution in [2.75, 3.05) is 20.7 Å². The van der Waals surface area contributed by atoms with Gasteiger partial charge in [-0.25, -0.2) is 0 Å². The maximum absolute atomic E-state index is 11.0. The number of nitrogens with one attached hydrogen (secondary N) is 2. The minimum Gasteiger partial charge on any atom is -0.380 e. The van der Waals surface area contributed by atoms with E-state index in [1.165, 1.54) is 0 Å². The molecule has 0 unspecified atom stereocenters. The van der Waals surface area contributed by atoms with E-state index >= 15 is 0 Å². The van der Waals surface area contributed by atoms with Crippen LogP contribution in [0.2, 0.25) is 0 Å². The van der Waals surface area contributed by atoms with E-state index in [0.29, 0.717) is 0 Å². The molecule has 12 heavy (non-hydrogen) atoms. The van der Waals surface area contributed by atoms with Gasteiger partial charge in [0, 0.05) is 20.7 Å². The summed E-state index contributed by atoms with van der Waals surface area (Å²) in [7, 11) is 3.31. The Morgan fingerprint density at radius 2 is 2.33 bits per heavy atom. The number of halogens is 1. The molecular formula is C7H15ClN2O2. The van der Waals surface area contributed by atoms with Crippen molar-refractivity contribution in [3.05, 3.63) is 0 Å². The number of likely N-dealkylation sites (N-methyl/N-ethyl adjacent to an activating group) is 1. The van der Waals surface area contributed by atoms with Crippen LogP contribution >= 0.6 is 12.4 Å². The number of hydrogen-bond acceptors (Lipinski definition) is 3. The molecule has 0 aliphatic carbocycles. The smallest absolute Gasteiger partial charge is 0.236 e. The highest BCUT2D eigenvalue weighted by atomic mass is 35.5. The van der Waals surface area contributed by atoms with Crippen molar-refractivity contribution in [1.82, 2.24) is 10.6 Å². The number of hydrogen-bond donors (Lipinski definition) is 2. The van der Waals surface area contributed by atoms with Crippen LogP contribution in [0.15, 0.2) is 0 Å². The first kappa shape index (κ1) is 11.7. The molecule has 72 valence electrons. The van der Waals surface area contributed by atoms with Crippen LogP contribution < -0.4 is 10.6 Å². The van der Waals surface area contributed by atoms with Gasteiger partial charge in [0.15, 0.2) is 0 Å². The highest BCUT2D eigenvalue weighted by Crippen LogP contribution is 2.08. The number of amides is 1. The first-order valence-electron chi connectivity index (χ1n) is 3.75. The Morgan fingerprint density at radius 3 is 2.75 bits per heavy atom. The molecule has 0 aromatic carbocycles. The third-order valence-corrected chi connectivity index (χ3v) is 1.99. The van der Waals surface area contributed by atoms with Gasteiger partial charge in [-0.05, 0) is 6.42 Å². The van der Waals surface area contributed by atoms with E-state index < -0.39 is 0 Å². The van der Waals surface area contributed by atoms with Gasteiger partial charge >= 0.3 is 0 Å². The Kier molecular flexibility index (Phi) is 5.20. The average Bonchev–Trinajstić information content (AvgIpc) is 2.50. The van der Waals surface area contributed by atoms with Crippen LogP contribution in [0.1, 0.15) is 6.42 Å². The van der Waals surface area contributed by atoms with Crippen LogP contribution in [-0.2, 0) is 9.53 Å². The zero-order valence-electron chi connectivity index (χ0n) is 7.29. The van der Waals surface area contributed by atoms with Crippen LogP contribution in [0.4, 0.5) is 0 Å². The van der Waals surface area contributed by atoms with Gasteiger partial charge in [0.25, 0.3) is 0 Å². The van der Waals surface area contributed by atoms with Gasteiger partial charge in [-0.2, -0.15) is 0 Å². The van der Waals surface area contributed by atoms with Crippen LogP contribution in [0.25, 0.3) is 0 Å². The third kappa shape index (κ3) is 2.62. The van der Waals surface area contributed by atoms with Crippen molar-refractivity contribution in [3.63, 3.8) is 0 Å². The normalized spacial score (nSPS) is 27.8.